The lowest BCUT2D eigenvalue weighted by Gasteiger charge is -2.08. The maximum absolute atomic E-state index is 6.06. The second kappa shape index (κ2) is 3.87. The van der Waals surface area contributed by atoms with Crippen LogP contribution in [-0.4, -0.2) is 12.1 Å². The quantitative estimate of drug-likeness (QED) is 0.708. The van der Waals surface area contributed by atoms with Crippen molar-refractivity contribution in [1.82, 2.24) is 4.98 Å². The summed E-state index contributed by atoms with van der Waals surface area (Å²) in [5.41, 5.74) is 1.73. The van der Waals surface area contributed by atoms with Crippen LogP contribution in [0.4, 0.5) is 0 Å². The zero-order chi connectivity index (χ0) is 11.0. The Morgan fingerprint density at radius 2 is 2.00 bits per heavy atom. The molecule has 4 heteroatoms. The lowest BCUT2D eigenvalue weighted by Crippen LogP contribution is -1.91. The predicted molar refractivity (Wildman–Crippen MR) is 63.1 cm³/mol. The third-order valence-electron chi connectivity index (χ3n) is 2.32. The summed E-state index contributed by atoms with van der Waals surface area (Å²) in [5, 5.41) is 1.89. The molecule has 0 N–H and O–H groups in total. The van der Waals surface area contributed by atoms with E-state index in [1.165, 1.54) is 0 Å². The molecule has 0 bridgehead atoms. The number of benzene rings is 1. The molecule has 2 aromatic rings. The van der Waals surface area contributed by atoms with Gasteiger partial charge in [0.2, 0.25) is 0 Å². The molecule has 0 aliphatic rings. The summed E-state index contributed by atoms with van der Waals surface area (Å²) < 4.78 is 5.21. The van der Waals surface area contributed by atoms with E-state index in [1.807, 2.05) is 19.1 Å². The van der Waals surface area contributed by atoms with Gasteiger partial charge in [-0.2, -0.15) is 0 Å². The molecular formula is C11H9Cl2NO. The lowest BCUT2D eigenvalue weighted by molar-refractivity contribution is 0.412. The molecule has 1 aromatic carbocycles. The van der Waals surface area contributed by atoms with Crippen LogP contribution in [0, 0.1) is 6.92 Å². The number of pyridine rings is 1. The molecule has 0 unspecified atom stereocenters. The summed E-state index contributed by atoms with van der Waals surface area (Å²) in [6.07, 6.45) is 0. The molecule has 2 nitrogen and oxygen atoms in total. The van der Waals surface area contributed by atoms with Gasteiger partial charge in [-0.3, -0.25) is 0 Å². The van der Waals surface area contributed by atoms with E-state index in [-0.39, 0.29) is 0 Å². The first-order valence-corrected chi connectivity index (χ1v) is 5.18. The second-order valence-electron chi connectivity index (χ2n) is 3.22. The molecule has 0 saturated carbocycles. The molecule has 0 aliphatic carbocycles. The predicted octanol–water partition coefficient (Wildman–Crippen LogP) is 3.86. The number of aryl methyl sites for hydroxylation is 1. The number of ether oxygens (including phenoxy) is 1. The van der Waals surface area contributed by atoms with Gasteiger partial charge < -0.3 is 4.74 Å². The summed E-state index contributed by atoms with van der Waals surface area (Å²) in [6.45, 7) is 1.93. The van der Waals surface area contributed by atoms with Crippen LogP contribution in [0.2, 0.25) is 10.2 Å². The van der Waals surface area contributed by atoms with Gasteiger partial charge in [-0.15, -0.1) is 0 Å². The minimum absolute atomic E-state index is 0.392. The van der Waals surface area contributed by atoms with Crippen molar-refractivity contribution in [2.75, 3.05) is 7.11 Å². The zero-order valence-corrected chi connectivity index (χ0v) is 9.86. The van der Waals surface area contributed by atoms with Gasteiger partial charge in [0.25, 0.3) is 0 Å². The van der Waals surface area contributed by atoms with Crippen molar-refractivity contribution in [2.24, 2.45) is 0 Å². The van der Waals surface area contributed by atoms with Gasteiger partial charge in [-0.1, -0.05) is 23.2 Å². The summed E-state index contributed by atoms with van der Waals surface area (Å²) >= 11 is 11.9. The fourth-order valence-corrected chi connectivity index (χ4v) is 2.07. The van der Waals surface area contributed by atoms with Crippen LogP contribution in [0.5, 0.6) is 5.75 Å². The second-order valence-corrected chi connectivity index (χ2v) is 4.01. The number of aromatic nitrogens is 1. The first-order valence-electron chi connectivity index (χ1n) is 4.43. The number of rotatable bonds is 1. The Balaban J connectivity index is 2.86. The largest absolute Gasteiger partial charge is 0.496 e. The molecule has 15 heavy (non-hydrogen) atoms. The Hall–Kier alpha value is -0.990. The maximum Gasteiger partial charge on any atom is 0.131 e. The molecular weight excluding hydrogens is 233 g/mol. The van der Waals surface area contributed by atoms with Crippen molar-refractivity contribution in [3.8, 4) is 5.75 Å². The average molecular weight is 242 g/mol. The summed E-state index contributed by atoms with van der Waals surface area (Å²) in [6, 6.07) is 5.39. The standard InChI is InChI=1S/C11H9Cl2NO/c1-6-9(15-2)4-3-7-8(12)5-10(13)14-11(6)7/h3-5H,1-2H3. The average Bonchev–Trinajstić information content (AvgIpc) is 2.19. The van der Waals surface area contributed by atoms with Crippen LogP contribution in [0.3, 0.4) is 0 Å². The van der Waals surface area contributed by atoms with Gasteiger partial charge in [-0.05, 0) is 25.1 Å². The van der Waals surface area contributed by atoms with Crippen LogP contribution in [0.25, 0.3) is 10.9 Å². The Labute approximate surface area is 97.8 Å². The van der Waals surface area contributed by atoms with E-state index in [2.05, 4.69) is 4.98 Å². The van der Waals surface area contributed by atoms with Gasteiger partial charge in [0.1, 0.15) is 10.9 Å². The highest BCUT2D eigenvalue weighted by Crippen LogP contribution is 2.31. The van der Waals surface area contributed by atoms with Crippen LogP contribution < -0.4 is 4.74 Å². The van der Waals surface area contributed by atoms with Gasteiger partial charge >= 0.3 is 0 Å². The van der Waals surface area contributed by atoms with Crippen molar-refractivity contribution in [3.05, 3.63) is 33.9 Å². The van der Waals surface area contributed by atoms with Crippen LogP contribution in [-0.2, 0) is 0 Å². The van der Waals surface area contributed by atoms with Crippen molar-refractivity contribution < 1.29 is 4.74 Å². The summed E-state index contributed by atoms with van der Waals surface area (Å²) in [5.74, 6) is 0.785. The Morgan fingerprint density at radius 1 is 1.27 bits per heavy atom. The van der Waals surface area contributed by atoms with Gasteiger partial charge in [0.15, 0.2) is 0 Å². The molecule has 0 atom stereocenters. The molecule has 0 amide bonds. The number of hydrogen-bond acceptors (Lipinski definition) is 2. The molecule has 0 saturated heterocycles. The molecule has 78 valence electrons. The lowest BCUT2D eigenvalue weighted by atomic mass is 10.1. The fraction of sp³-hybridized carbons (Fsp3) is 0.182. The van der Waals surface area contributed by atoms with E-state index < -0.39 is 0 Å². The topological polar surface area (TPSA) is 22.1 Å². The Kier molecular flexibility index (Phi) is 2.72. The molecule has 0 fully saturated rings. The minimum atomic E-state index is 0.392. The fourth-order valence-electron chi connectivity index (χ4n) is 1.56. The minimum Gasteiger partial charge on any atom is -0.496 e. The highest BCUT2D eigenvalue weighted by atomic mass is 35.5. The highest BCUT2D eigenvalue weighted by molar-refractivity contribution is 6.37. The van der Waals surface area contributed by atoms with Gasteiger partial charge in [0.05, 0.1) is 17.6 Å². The number of nitrogens with zero attached hydrogens (tertiary/aromatic N) is 1. The molecule has 1 aromatic heterocycles. The summed E-state index contributed by atoms with van der Waals surface area (Å²) in [4.78, 5) is 4.25. The normalized spacial score (nSPS) is 10.7. The van der Waals surface area contributed by atoms with E-state index in [0.717, 1.165) is 22.2 Å². The Morgan fingerprint density at radius 3 is 2.67 bits per heavy atom. The van der Waals surface area contributed by atoms with Crippen LogP contribution >= 0.6 is 23.2 Å². The number of halogens is 2. The zero-order valence-electron chi connectivity index (χ0n) is 8.34. The van der Waals surface area contributed by atoms with Crippen LogP contribution in [0.15, 0.2) is 18.2 Å². The SMILES string of the molecule is COc1ccc2c(Cl)cc(Cl)nc2c1C. The van der Waals surface area contributed by atoms with E-state index in [9.17, 15) is 0 Å². The van der Waals surface area contributed by atoms with E-state index in [4.69, 9.17) is 27.9 Å². The first kappa shape index (κ1) is 10.5. The van der Waals surface area contributed by atoms with Crippen molar-refractivity contribution in [1.29, 1.82) is 0 Å². The highest BCUT2D eigenvalue weighted by Gasteiger charge is 2.08. The van der Waals surface area contributed by atoms with Crippen molar-refractivity contribution in [2.45, 2.75) is 6.92 Å². The third kappa shape index (κ3) is 1.75. The third-order valence-corrected chi connectivity index (χ3v) is 2.83. The van der Waals surface area contributed by atoms with Gasteiger partial charge in [0, 0.05) is 10.9 Å². The Bertz CT molecular complexity index is 525. The molecule has 0 radical (unpaired) electrons. The summed E-state index contributed by atoms with van der Waals surface area (Å²) in [7, 11) is 1.63. The monoisotopic (exact) mass is 241 g/mol. The molecule has 2 rings (SSSR count). The molecule has 0 spiro atoms. The smallest absolute Gasteiger partial charge is 0.131 e. The van der Waals surface area contributed by atoms with E-state index in [0.29, 0.717) is 10.2 Å². The van der Waals surface area contributed by atoms with Crippen LogP contribution in [0.1, 0.15) is 5.56 Å². The number of hydrogen-bond donors (Lipinski definition) is 0. The molecule has 1 heterocycles. The van der Waals surface area contributed by atoms with Gasteiger partial charge in [-0.25, -0.2) is 4.98 Å². The maximum atomic E-state index is 6.06. The number of fused-ring (bicyclic) bond motifs is 1. The van der Waals surface area contributed by atoms with Crippen molar-refractivity contribution >= 4 is 34.1 Å². The van der Waals surface area contributed by atoms with E-state index in [1.54, 1.807) is 13.2 Å². The van der Waals surface area contributed by atoms with Crippen molar-refractivity contribution in [3.63, 3.8) is 0 Å². The number of methoxy groups -OCH3 is 1. The van der Waals surface area contributed by atoms with E-state index >= 15 is 0 Å². The molecule has 0 aliphatic heterocycles. The first-order chi connectivity index (χ1) is 7.13.